The van der Waals surface area contributed by atoms with Crippen molar-refractivity contribution < 1.29 is 19.0 Å². The minimum atomic E-state index is -0.826. The molecule has 0 amide bonds. The molecule has 3 nitrogen and oxygen atoms in total. The number of carbonyl (C=O) groups excluding carboxylic acids is 1. The number of aliphatic hydroxyl groups is 1. The van der Waals surface area contributed by atoms with E-state index in [-0.39, 0.29) is 11.8 Å². The van der Waals surface area contributed by atoms with Crippen molar-refractivity contribution in [3.63, 3.8) is 0 Å². The van der Waals surface area contributed by atoms with Crippen LogP contribution in [-0.4, -0.2) is 23.8 Å². The van der Waals surface area contributed by atoms with Crippen molar-refractivity contribution in [1.82, 2.24) is 0 Å². The SMILES string of the molecule is CCC1(O)CC(C(=O)OC)(c2ccc(F)cc2)C1. The van der Waals surface area contributed by atoms with Gasteiger partial charge in [-0.1, -0.05) is 19.1 Å². The predicted molar refractivity (Wildman–Crippen MR) is 64.6 cm³/mol. The summed E-state index contributed by atoms with van der Waals surface area (Å²) >= 11 is 0. The third kappa shape index (κ3) is 1.90. The molecule has 4 heteroatoms. The van der Waals surface area contributed by atoms with Crippen molar-refractivity contribution in [3.05, 3.63) is 35.6 Å². The zero-order valence-corrected chi connectivity index (χ0v) is 10.6. The van der Waals surface area contributed by atoms with Gasteiger partial charge < -0.3 is 9.84 Å². The van der Waals surface area contributed by atoms with Crippen LogP contribution in [0.2, 0.25) is 0 Å². The summed E-state index contributed by atoms with van der Waals surface area (Å²) in [5, 5.41) is 10.1. The van der Waals surface area contributed by atoms with E-state index in [0.29, 0.717) is 24.8 Å². The summed E-state index contributed by atoms with van der Waals surface area (Å²) in [5.74, 6) is -0.712. The van der Waals surface area contributed by atoms with E-state index in [0.717, 1.165) is 0 Å². The summed E-state index contributed by atoms with van der Waals surface area (Å²) in [6.45, 7) is 1.88. The van der Waals surface area contributed by atoms with Gasteiger partial charge in [-0.15, -0.1) is 0 Å². The summed E-state index contributed by atoms with van der Waals surface area (Å²) in [6.07, 6.45) is 1.25. The average molecular weight is 252 g/mol. The zero-order chi connectivity index (χ0) is 13.4. The second-order valence-corrected chi connectivity index (χ2v) is 5.01. The molecule has 1 N–H and O–H groups in total. The molecule has 0 bridgehead atoms. The molecular formula is C14H17FO3. The molecule has 1 aromatic rings. The first-order chi connectivity index (χ1) is 8.46. The van der Waals surface area contributed by atoms with Gasteiger partial charge in [0.1, 0.15) is 5.82 Å². The Balaban J connectivity index is 2.34. The number of ether oxygens (including phenoxy) is 1. The van der Waals surface area contributed by atoms with Crippen molar-refractivity contribution in [2.24, 2.45) is 0 Å². The Morgan fingerprint density at radius 1 is 1.39 bits per heavy atom. The summed E-state index contributed by atoms with van der Waals surface area (Å²) in [5.41, 5.74) is -0.940. The van der Waals surface area contributed by atoms with E-state index in [9.17, 15) is 14.3 Å². The number of esters is 1. The molecule has 1 saturated carbocycles. The maximum Gasteiger partial charge on any atom is 0.316 e. The third-order valence-corrected chi connectivity index (χ3v) is 3.89. The Morgan fingerprint density at radius 3 is 2.39 bits per heavy atom. The van der Waals surface area contributed by atoms with Crippen molar-refractivity contribution in [1.29, 1.82) is 0 Å². The molecule has 0 heterocycles. The summed E-state index contributed by atoms with van der Waals surface area (Å²) in [6, 6.07) is 5.82. The van der Waals surface area contributed by atoms with Gasteiger partial charge in [-0.05, 0) is 37.0 Å². The maximum atomic E-state index is 12.9. The van der Waals surface area contributed by atoms with Crippen LogP contribution >= 0.6 is 0 Å². The average Bonchev–Trinajstić information content (AvgIpc) is 2.35. The van der Waals surface area contributed by atoms with E-state index >= 15 is 0 Å². The molecule has 0 aromatic heterocycles. The minimum absolute atomic E-state index is 0.328. The number of hydrogen-bond donors (Lipinski definition) is 1. The van der Waals surface area contributed by atoms with Crippen molar-refractivity contribution >= 4 is 5.97 Å². The second-order valence-electron chi connectivity index (χ2n) is 5.01. The van der Waals surface area contributed by atoms with Crippen LogP contribution in [0.5, 0.6) is 0 Å². The van der Waals surface area contributed by atoms with Crippen molar-refractivity contribution in [2.75, 3.05) is 7.11 Å². The first-order valence-corrected chi connectivity index (χ1v) is 6.03. The fraction of sp³-hybridized carbons (Fsp3) is 0.500. The quantitative estimate of drug-likeness (QED) is 0.839. The molecule has 0 spiro atoms. The molecule has 0 saturated heterocycles. The van der Waals surface area contributed by atoms with Crippen molar-refractivity contribution in [3.8, 4) is 0 Å². The Morgan fingerprint density at radius 2 is 1.94 bits per heavy atom. The van der Waals surface area contributed by atoms with E-state index < -0.39 is 11.0 Å². The number of benzene rings is 1. The highest BCUT2D eigenvalue weighted by molar-refractivity contribution is 5.85. The van der Waals surface area contributed by atoms with Gasteiger partial charge in [-0.2, -0.15) is 0 Å². The number of rotatable bonds is 3. The smallest absolute Gasteiger partial charge is 0.316 e. The molecule has 0 radical (unpaired) electrons. The highest BCUT2D eigenvalue weighted by atomic mass is 19.1. The lowest BCUT2D eigenvalue weighted by atomic mass is 9.55. The van der Waals surface area contributed by atoms with E-state index in [2.05, 4.69) is 0 Å². The van der Waals surface area contributed by atoms with Crippen LogP contribution in [0.4, 0.5) is 4.39 Å². The normalized spacial score (nSPS) is 30.7. The highest BCUT2D eigenvalue weighted by Gasteiger charge is 2.59. The first-order valence-electron chi connectivity index (χ1n) is 6.03. The van der Waals surface area contributed by atoms with Gasteiger partial charge in [0.25, 0.3) is 0 Å². The Kier molecular flexibility index (Phi) is 3.15. The number of halogens is 1. The standard InChI is InChI=1S/C14H17FO3/c1-3-13(17)8-14(9-13,12(16)18-2)10-4-6-11(15)7-5-10/h4-7,17H,3,8-9H2,1-2H3. The van der Waals surface area contributed by atoms with Gasteiger partial charge >= 0.3 is 5.97 Å². The van der Waals surface area contributed by atoms with Crippen LogP contribution < -0.4 is 0 Å². The van der Waals surface area contributed by atoms with Gasteiger partial charge in [0.2, 0.25) is 0 Å². The van der Waals surface area contributed by atoms with E-state index in [1.165, 1.54) is 19.2 Å². The maximum absolute atomic E-state index is 12.9. The molecule has 18 heavy (non-hydrogen) atoms. The number of hydrogen-bond acceptors (Lipinski definition) is 3. The molecule has 2 rings (SSSR count). The first kappa shape index (κ1) is 13.0. The van der Waals surface area contributed by atoms with Gasteiger partial charge in [-0.25, -0.2) is 4.39 Å². The molecule has 1 aliphatic rings. The largest absolute Gasteiger partial charge is 0.468 e. The zero-order valence-electron chi connectivity index (χ0n) is 10.6. The summed E-state index contributed by atoms with van der Waals surface area (Å²) < 4.78 is 17.8. The van der Waals surface area contributed by atoms with Crippen molar-refractivity contribution in [2.45, 2.75) is 37.2 Å². The number of methoxy groups -OCH3 is 1. The Hall–Kier alpha value is -1.42. The van der Waals surface area contributed by atoms with Crippen LogP contribution in [-0.2, 0) is 14.9 Å². The lowest BCUT2D eigenvalue weighted by molar-refractivity contribution is -0.168. The fourth-order valence-corrected chi connectivity index (χ4v) is 2.75. The van der Waals surface area contributed by atoms with Crippen LogP contribution in [0.3, 0.4) is 0 Å². The van der Waals surface area contributed by atoms with Crippen LogP contribution in [0.15, 0.2) is 24.3 Å². The van der Waals surface area contributed by atoms with Crippen LogP contribution in [0.25, 0.3) is 0 Å². The predicted octanol–water partition coefficient (Wildman–Crippen LogP) is 2.17. The topological polar surface area (TPSA) is 46.5 Å². The van der Waals surface area contributed by atoms with E-state index in [4.69, 9.17) is 4.74 Å². The highest BCUT2D eigenvalue weighted by Crippen LogP contribution is 2.52. The molecule has 0 atom stereocenters. The second kappa shape index (κ2) is 4.35. The summed E-state index contributed by atoms with van der Waals surface area (Å²) in [7, 11) is 1.33. The van der Waals surface area contributed by atoms with Gasteiger partial charge in [-0.3, -0.25) is 4.79 Å². The molecule has 98 valence electrons. The molecule has 1 aromatic carbocycles. The molecule has 1 fully saturated rings. The van der Waals surface area contributed by atoms with E-state index in [1.54, 1.807) is 12.1 Å². The fourth-order valence-electron chi connectivity index (χ4n) is 2.75. The molecule has 0 unspecified atom stereocenters. The van der Waals surface area contributed by atoms with Gasteiger partial charge in [0, 0.05) is 0 Å². The monoisotopic (exact) mass is 252 g/mol. The lowest BCUT2D eigenvalue weighted by Crippen LogP contribution is -2.58. The van der Waals surface area contributed by atoms with Gasteiger partial charge in [0.15, 0.2) is 0 Å². The van der Waals surface area contributed by atoms with Crippen LogP contribution in [0, 0.1) is 5.82 Å². The Bertz CT molecular complexity index is 447. The lowest BCUT2D eigenvalue weighted by Gasteiger charge is -2.51. The minimum Gasteiger partial charge on any atom is -0.468 e. The molecule has 1 aliphatic carbocycles. The number of carbonyl (C=O) groups is 1. The summed E-state index contributed by atoms with van der Waals surface area (Å²) in [4.78, 5) is 12.0. The molecular weight excluding hydrogens is 235 g/mol. The van der Waals surface area contributed by atoms with E-state index in [1.807, 2.05) is 6.92 Å². The molecule has 0 aliphatic heterocycles. The third-order valence-electron chi connectivity index (χ3n) is 3.89. The van der Waals surface area contributed by atoms with Gasteiger partial charge in [0.05, 0.1) is 18.1 Å². The van der Waals surface area contributed by atoms with Crippen LogP contribution in [0.1, 0.15) is 31.7 Å². The Labute approximate surface area is 106 Å².